The van der Waals surface area contributed by atoms with Crippen LogP contribution in [0.3, 0.4) is 0 Å². The SMILES string of the molecule is COc1cc(OC)c2c(C)cc(=O)n(CCC(=O)O)c2c1. The number of carboxylic acids is 1. The summed E-state index contributed by atoms with van der Waals surface area (Å²) in [4.78, 5) is 22.9. The number of pyridine rings is 1. The number of rotatable bonds is 5. The van der Waals surface area contributed by atoms with Crippen LogP contribution in [0.2, 0.25) is 0 Å². The number of ether oxygens (including phenoxy) is 2. The van der Waals surface area contributed by atoms with Crippen molar-refractivity contribution < 1.29 is 19.4 Å². The fourth-order valence-electron chi connectivity index (χ4n) is 2.36. The number of hydrogen-bond acceptors (Lipinski definition) is 4. The maximum Gasteiger partial charge on any atom is 0.305 e. The van der Waals surface area contributed by atoms with E-state index < -0.39 is 5.97 Å². The number of carboxylic acid groups (broad SMARTS) is 1. The predicted molar refractivity (Wildman–Crippen MR) is 78.3 cm³/mol. The van der Waals surface area contributed by atoms with Gasteiger partial charge >= 0.3 is 5.97 Å². The molecule has 21 heavy (non-hydrogen) atoms. The number of fused-ring (bicyclic) bond motifs is 1. The van der Waals surface area contributed by atoms with E-state index in [1.54, 1.807) is 19.2 Å². The van der Waals surface area contributed by atoms with E-state index in [4.69, 9.17) is 14.6 Å². The monoisotopic (exact) mass is 291 g/mol. The van der Waals surface area contributed by atoms with E-state index in [9.17, 15) is 9.59 Å². The summed E-state index contributed by atoms with van der Waals surface area (Å²) in [5.74, 6) is 0.185. The van der Waals surface area contributed by atoms with Gasteiger partial charge in [-0.15, -0.1) is 0 Å². The van der Waals surface area contributed by atoms with E-state index in [1.807, 2.05) is 6.92 Å². The molecule has 0 atom stereocenters. The molecule has 2 aromatic rings. The predicted octanol–water partition coefficient (Wildman–Crippen LogP) is 1.80. The third-order valence-corrected chi connectivity index (χ3v) is 3.35. The Morgan fingerprint density at radius 2 is 1.95 bits per heavy atom. The summed E-state index contributed by atoms with van der Waals surface area (Å²) < 4.78 is 12.0. The first kappa shape index (κ1) is 14.9. The van der Waals surface area contributed by atoms with Crippen LogP contribution in [0, 0.1) is 6.92 Å². The van der Waals surface area contributed by atoms with Gasteiger partial charge in [0.2, 0.25) is 0 Å². The van der Waals surface area contributed by atoms with E-state index in [0.29, 0.717) is 17.0 Å². The van der Waals surface area contributed by atoms with Gasteiger partial charge in [0.15, 0.2) is 0 Å². The summed E-state index contributed by atoms with van der Waals surface area (Å²) in [6, 6.07) is 4.94. The molecule has 0 aliphatic heterocycles. The number of aliphatic carboxylic acids is 1. The van der Waals surface area contributed by atoms with Gasteiger partial charge < -0.3 is 19.1 Å². The minimum Gasteiger partial charge on any atom is -0.497 e. The lowest BCUT2D eigenvalue weighted by Gasteiger charge is -2.15. The molecule has 0 radical (unpaired) electrons. The number of benzene rings is 1. The van der Waals surface area contributed by atoms with Gasteiger partial charge in [-0.2, -0.15) is 0 Å². The molecule has 6 nitrogen and oxygen atoms in total. The van der Waals surface area contributed by atoms with Gasteiger partial charge in [0.1, 0.15) is 11.5 Å². The van der Waals surface area contributed by atoms with Crippen LogP contribution in [-0.2, 0) is 11.3 Å². The van der Waals surface area contributed by atoms with Crippen LogP contribution in [0.25, 0.3) is 10.9 Å². The molecule has 1 heterocycles. The molecule has 0 aliphatic rings. The standard InChI is InChI=1S/C15H17NO5/c1-9-6-13(17)16(5-4-14(18)19)11-7-10(20-2)8-12(21-3)15(9)11/h6-8H,4-5H2,1-3H3,(H,18,19). The minimum absolute atomic E-state index is 0.0985. The van der Waals surface area contributed by atoms with Crippen LogP contribution >= 0.6 is 0 Å². The second-order valence-electron chi connectivity index (χ2n) is 4.68. The fraction of sp³-hybridized carbons (Fsp3) is 0.333. The number of carbonyl (C=O) groups is 1. The first-order valence-electron chi connectivity index (χ1n) is 6.46. The van der Waals surface area contributed by atoms with E-state index in [0.717, 1.165) is 10.9 Å². The Balaban J connectivity index is 2.77. The summed E-state index contributed by atoms with van der Waals surface area (Å²) in [6.45, 7) is 1.92. The van der Waals surface area contributed by atoms with Crippen molar-refractivity contribution in [2.75, 3.05) is 14.2 Å². The Kier molecular flexibility index (Phi) is 4.16. The third-order valence-electron chi connectivity index (χ3n) is 3.35. The highest BCUT2D eigenvalue weighted by Crippen LogP contribution is 2.32. The zero-order chi connectivity index (χ0) is 15.6. The van der Waals surface area contributed by atoms with Crippen molar-refractivity contribution in [3.8, 4) is 11.5 Å². The van der Waals surface area contributed by atoms with Crippen LogP contribution in [0.1, 0.15) is 12.0 Å². The molecule has 6 heteroatoms. The normalized spacial score (nSPS) is 10.6. The molecule has 0 spiro atoms. The topological polar surface area (TPSA) is 77.8 Å². The molecule has 0 unspecified atom stereocenters. The van der Waals surface area contributed by atoms with Crippen molar-refractivity contribution >= 4 is 16.9 Å². The zero-order valence-corrected chi connectivity index (χ0v) is 12.2. The lowest BCUT2D eigenvalue weighted by molar-refractivity contribution is -0.137. The zero-order valence-electron chi connectivity index (χ0n) is 12.2. The molecular weight excluding hydrogens is 274 g/mol. The molecule has 0 saturated heterocycles. The molecule has 1 N–H and O–H groups in total. The summed E-state index contributed by atoms with van der Waals surface area (Å²) in [7, 11) is 3.07. The van der Waals surface area contributed by atoms with Crippen molar-refractivity contribution in [2.45, 2.75) is 19.9 Å². The molecule has 0 saturated carbocycles. The number of methoxy groups -OCH3 is 2. The highest BCUT2D eigenvalue weighted by Gasteiger charge is 2.14. The molecule has 2 rings (SSSR count). The van der Waals surface area contributed by atoms with Crippen LogP contribution in [0.15, 0.2) is 23.0 Å². The summed E-state index contributed by atoms with van der Waals surface area (Å²) in [5.41, 5.74) is 1.15. The average molecular weight is 291 g/mol. The molecule has 0 fully saturated rings. The van der Waals surface area contributed by atoms with Gasteiger partial charge in [0.05, 0.1) is 26.2 Å². The maximum absolute atomic E-state index is 12.2. The summed E-state index contributed by atoms with van der Waals surface area (Å²) >= 11 is 0. The van der Waals surface area contributed by atoms with E-state index >= 15 is 0 Å². The Labute approximate surface area is 121 Å². The highest BCUT2D eigenvalue weighted by atomic mass is 16.5. The van der Waals surface area contributed by atoms with Crippen LogP contribution in [0.5, 0.6) is 11.5 Å². The molecule has 1 aromatic carbocycles. The first-order chi connectivity index (χ1) is 9.97. The number of nitrogens with zero attached hydrogens (tertiary/aromatic N) is 1. The molecule has 0 amide bonds. The first-order valence-corrected chi connectivity index (χ1v) is 6.46. The smallest absolute Gasteiger partial charge is 0.305 e. The quantitative estimate of drug-likeness (QED) is 0.909. The van der Waals surface area contributed by atoms with E-state index in [-0.39, 0.29) is 18.5 Å². The largest absolute Gasteiger partial charge is 0.497 e. The van der Waals surface area contributed by atoms with Crippen LogP contribution < -0.4 is 15.0 Å². The van der Waals surface area contributed by atoms with Crippen molar-refractivity contribution in [1.29, 1.82) is 0 Å². The molecule has 0 aliphatic carbocycles. The molecule has 112 valence electrons. The van der Waals surface area contributed by atoms with Gasteiger partial charge in [-0.3, -0.25) is 9.59 Å². The Hall–Kier alpha value is -2.50. The van der Waals surface area contributed by atoms with Gasteiger partial charge in [0, 0.05) is 30.1 Å². The molecule has 0 bridgehead atoms. The summed E-state index contributed by atoms with van der Waals surface area (Å²) in [5, 5.41) is 9.61. The van der Waals surface area contributed by atoms with E-state index in [2.05, 4.69) is 0 Å². The Bertz CT molecular complexity index is 748. The lowest BCUT2D eigenvalue weighted by atomic mass is 10.1. The van der Waals surface area contributed by atoms with Crippen molar-refractivity contribution in [1.82, 2.24) is 4.57 Å². The van der Waals surface area contributed by atoms with Gasteiger partial charge in [-0.1, -0.05) is 0 Å². The minimum atomic E-state index is -0.953. The number of hydrogen-bond donors (Lipinski definition) is 1. The highest BCUT2D eigenvalue weighted by molar-refractivity contribution is 5.90. The average Bonchev–Trinajstić information content (AvgIpc) is 2.45. The second kappa shape index (κ2) is 5.87. The van der Waals surface area contributed by atoms with E-state index in [1.165, 1.54) is 17.7 Å². The number of aryl methyl sites for hydroxylation is 2. The second-order valence-corrected chi connectivity index (χ2v) is 4.68. The lowest BCUT2D eigenvalue weighted by Crippen LogP contribution is -2.22. The Morgan fingerprint density at radius 3 is 2.52 bits per heavy atom. The fourth-order valence-corrected chi connectivity index (χ4v) is 2.36. The maximum atomic E-state index is 12.2. The van der Waals surface area contributed by atoms with Gasteiger partial charge in [-0.25, -0.2) is 0 Å². The van der Waals surface area contributed by atoms with Crippen molar-refractivity contribution in [3.05, 3.63) is 34.1 Å². The van der Waals surface area contributed by atoms with Crippen LogP contribution in [-0.4, -0.2) is 29.9 Å². The molecular formula is C15H17NO5. The van der Waals surface area contributed by atoms with Gasteiger partial charge in [0.25, 0.3) is 5.56 Å². The van der Waals surface area contributed by atoms with Crippen LogP contribution in [0.4, 0.5) is 0 Å². The number of aromatic nitrogens is 1. The Morgan fingerprint density at radius 1 is 1.24 bits per heavy atom. The van der Waals surface area contributed by atoms with Crippen molar-refractivity contribution in [2.24, 2.45) is 0 Å². The molecule has 1 aromatic heterocycles. The summed E-state index contributed by atoms with van der Waals surface area (Å²) in [6.07, 6.45) is -0.127. The third kappa shape index (κ3) is 2.84. The van der Waals surface area contributed by atoms with Gasteiger partial charge in [-0.05, 0) is 12.5 Å². The van der Waals surface area contributed by atoms with Crippen molar-refractivity contribution in [3.63, 3.8) is 0 Å².